The van der Waals surface area contributed by atoms with Crippen molar-refractivity contribution in [1.29, 1.82) is 0 Å². The summed E-state index contributed by atoms with van der Waals surface area (Å²) in [5.41, 5.74) is 0.421. The van der Waals surface area contributed by atoms with Crippen LogP contribution in [0.1, 0.15) is 19.3 Å². The summed E-state index contributed by atoms with van der Waals surface area (Å²) in [5.74, 6) is 0. The fourth-order valence-electron chi connectivity index (χ4n) is 1.94. The lowest BCUT2D eigenvalue weighted by Crippen LogP contribution is -2.32. The first-order chi connectivity index (χ1) is 8.18. The molecule has 0 radical (unpaired) electrons. The van der Waals surface area contributed by atoms with Gasteiger partial charge in [-0.15, -0.1) is 0 Å². The molecule has 2 rings (SSSR count). The van der Waals surface area contributed by atoms with Crippen molar-refractivity contribution in [1.82, 2.24) is 4.31 Å². The molecule has 92 valence electrons. The van der Waals surface area contributed by atoms with E-state index in [9.17, 15) is 4.21 Å². The van der Waals surface area contributed by atoms with Gasteiger partial charge in [0.1, 0.15) is 11.0 Å². The molecular formula is C11H16BNO3S. The summed E-state index contributed by atoms with van der Waals surface area (Å²) >= 11 is 0. The average molecular weight is 253 g/mol. The van der Waals surface area contributed by atoms with Gasteiger partial charge in [-0.1, -0.05) is 18.6 Å². The molecule has 1 aromatic rings. The second kappa shape index (κ2) is 5.77. The Hall–Kier alpha value is -0.685. The summed E-state index contributed by atoms with van der Waals surface area (Å²) in [6.45, 7) is 1.74. The predicted octanol–water partition coefficient (Wildman–Crippen LogP) is -0.125. The predicted molar refractivity (Wildman–Crippen MR) is 68.1 cm³/mol. The van der Waals surface area contributed by atoms with E-state index in [4.69, 9.17) is 10.0 Å². The van der Waals surface area contributed by atoms with Crippen LogP contribution >= 0.6 is 0 Å². The maximum atomic E-state index is 12.2. The van der Waals surface area contributed by atoms with Crippen molar-refractivity contribution in [3.63, 3.8) is 0 Å². The van der Waals surface area contributed by atoms with Gasteiger partial charge in [0, 0.05) is 13.1 Å². The van der Waals surface area contributed by atoms with E-state index in [1.54, 1.807) is 24.3 Å². The van der Waals surface area contributed by atoms with Crippen molar-refractivity contribution in [3.8, 4) is 0 Å². The van der Waals surface area contributed by atoms with Gasteiger partial charge >= 0.3 is 7.12 Å². The fraction of sp³-hybridized carbons (Fsp3) is 0.455. The Bertz CT molecular complexity index is 390. The Balaban J connectivity index is 2.08. The highest BCUT2D eigenvalue weighted by Gasteiger charge is 2.18. The van der Waals surface area contributed by atoms with Crippen molar-refractivity contribution in [3.05, 3.63) is 24.3 Å². The molecule has 0 bridgehead atoms. The van der Waals surface area contributed by atoms with Crippen LogP contribution in [0.5, 0.6) is 0 Å². The first-order valence-electron chi connectivity index (χ1n) is 5.81. The molecule has 1 aliphatic heterocycles. The molecule has 17 heavy (non-hydrogen) atoms. The molecule has 0 spiro atoms. The largest absolute Gasteiger partial charge is 0.488 e. The maximum absolute atomic E-state index is 12.2. The van der Waals surface area contributed by atoms with Crippen LogP contribution in [-0.4, -0.2) is 38.8 Å². The molecule has 0 aliphatic carbocycles. The lowest BCUT2D eigenvalue weighted by Gasteiger charge is -2.25. The van der Waals surface area contributed by atoms with Crippen LogP contribution in [0.4, 0.5) is 0 Å². The smallest absolute Gasteiger partial charge is 0.423 e. The third kappa shape index (κ3) is 3.16. The van der Waals surface area contributed by atoms with Gasteiger partial charge in [0.05, 0.1) is 4.90 Å². The van der Waals surface area contributed by atoms with Crippen molar-refractivity contribution >= 4 is 23.6 Å². The van der Waals surface area contributed by atoms with E-state index in [1.807, 2.05) is 4.31 Å². The summed E-state index contributed by atoms with van der Waals surface area (Å²) in [4.78, 5) is 0.719. The van der Waals surface area contributed by atoms with E-state index >= 15 is 0 Å². The highest BCUT2D eigenvalue weighted by Crippen LogP contribution is 2.16. The third-order valence-electron chi connectivity index (χ3n) is 2.93. The Morgan fingerprint density at radius 1 is 1.06 bits per heavy atom. The molecule has 1 aromatic carbocycles. The molecule has 1 heterocycles. The van der Waals surface area contributed by atoms with Gasteiger partial charge in [0.15, 0.2) is 0 Å². The quantitative estimate of drug-likeness (QED) is 0.738. The number of hydrogen-bond donors (Lipinski definition) is 2. The van der Waals surface area contributed by atoms with Crippen LogP contribution in [0.25, 0.3) is 0 Å². The zero-order chi connectivity index (χ0) is 12.3. The molecule has 1 saturated heterocycles. The minimum Gasteiger partial charge on any atom is -0.423 e. The van der Waals surface area contributed by atoms with Gasteiger partial charge in [-0.25, -0.2) is 8.51 Å². The van der Waals surface area contributed by atoms with E-state index in [2.05, 4.69) is 0 Å². The second-order valence-electron chi connectivity index (χ2n) is 4.18. The Kier molecular flexibility index (Phi) is 4.33. The van der Waals surface area contributed by atoms with E-state index in [1.165, 1.54) is 6.42 Å². The summed E-state index contributed by atoms with van der Waals surface area (Å²) in [7, 11) is -2.59. The normalized spacial score (nSPS) is 18.9. The van der Waals surface area contributed by atoms with Crippen LogP contribution in [0.2, 0.25) is 0 Å². The molecule has 6 heteroatoms. The topological polar surface area (TPSA) is 60.8 Å². The average Bonchev–Trinajstić information content (AvgIpc) is 2.39. The minimum atomic E-state index is -1.47. The molecular weight excluding hydrogens is 237 g/mol. The number of benzene rings is 1. The van der Waals surface area contributed by atoms with E-state index < -0.39 is 18.1 Å². The molecule has 4 nitrogen and oxygen atoms in total. The molecule has 0 amide bonds. The summed E-state index contributed by atoms with van der Waals surface area (Å²) in [5, 5.41) is 17.9. The highest BCUT2D eigenvalue weighted by atomic mass is 32.2. The van der Waals surface area contributed by atoms with Crippen LogP contribution < -0.4 is 5.46 Å². The number of hydrogen-bond acceptors (Lipinski definition) is 3. The molecule has 1 unspecified atom stereocenters. The van der Waals surface area contributed by atoms with Crippen molar-refractivity contribution in [2.24, 2.45) is 0 Å². The molecule has 2 N–H and O–H groups in total. The van der Waals surface area contributed by atoms with Gasteiger partial charge < -0.3 is 10.0 Å². The lowest BCUT2D eigenvalue weighted by molar-refractivity contribution is 0.365. The molecule has 1 atom stereocenters. The Morgan fingerprint density at radius 3 is 2.18 bits per heavy atom. The minimum absolute atomic E-state index is 0.421. The lowest BCUT2D eigenvalue weighted by atomic mass is 9.81. The molecule has 0 aromatic heterocycles. The van der Waals surface area contributed by atoms with Crippen LogP contribution in [-0.2, 0) is 11.0 Å². The SMILES string of the molecule is O=S(c1ccc(B(O)O)cc1)N1CCCCC1. The van der Waals surface area contributed by atoms with Crippen LogP contribution in [0.3, 0.4) is 0 Å². The fourth-order valence-corrected chi connectivity index (χ4v) is 3.19. The van der Waals surface area contributed by atoms with E-state index in [0.717, 1.165) is 30.8 Å². The highest BCUT2D eigenvalue weighted by molar-refractivity contribution is 7.82. The Morgan fingerprint density at radius 2 is 1.65 bits per heavy atom. The van der Waals surface area contributed by atoms with E-state index in [-0.39, 0.29) is 0 Å². The van der Waals surface area contributed by atoms with Crippen molar-refractivity contribution in [2.75, 3.05) is 13.1 Å². The van der Waals surface area contributed by atoms with Gasteiger partial charge in [-0.2, -0.15) is 0 Å². The molecule has 1 aliphatic rings. The Labute approximate surface area is 104 Å². The standard InChI is InChI=1S/C11H16BNO3S/c14-12(15)10-4-6-11(7-5-10)17(16)13-8-2-1-3-9-13/h4-7,14-15H,1-3,8-9H2. The van der Waals surface area contributed by atoms with Gasteiger partial charge in [-0.3, -0.25) is 0 Å². The van der Waals surface area contributed by atoms with Crippen LogP contribution in [0, 0.1) is 0 Å². The van der Waals surface area contributed by atoms with Crippen molar-refractivity contribution in [2.45, 2.75) is 24.2 Å². The van der Waals surface area contributed by atoms with Gasteiger partial charge in [0.25, 0.3) is 0 Å². The third-order valence-corrected chi connectivity index (χ3v) is 4.44. The summed E-state index contributed by atoms with van der Waals surface area (Å²) in [6, 6.07) is 6.59. The number of piperidine rings is 1. The molecule has 0 saturated carbocycles. The zero-order valence-corrected chi connectivity index (χ0v) is 10.4. The van der Waals surface area contributed by atoms with Crippen molar-refractivity contribution < 1.29 is 14.3 Å². The van der Waals surface area contributed by atoms with Crippen LogP contribution in [0.15, 0.2) is 29.2 Å². The first-order valence-corrected chi connectivity index (χ1v) is 6.92. The second-order valence-corrected chi connectivity index (χ2v) is 5.67. The monoisotopic (exact) mass is 253 g/mol. The maximum Gasteiger partial charge on any atom is 0.488 e. The first kappa shape index (κ1) is 12.8. The van der Waals surface area contributed by atoms with Gasteiger partial charge in [-0.05, 0) is 30.4 Å². The summed E-state index contributed by atoms with van der Waals surface area (Å²) < 4.78 is 14.2. The zero-order valence-electron chi connectivity index (χ0n) is 9.58. The molecule has 1 fully saturated rings. The summed E-state index contributed by atoms with van der Waals surface area (Å²) in [6.07, 6.45) is 3.40. The van der Waals surface area contributed by atoms with E-state index in [0.29, 0.717) is 5.46 Å². The van der Waals surface area contributed by atoms with Gasteiger partial charge in [0.2, 0.25) is 0 Å². The number of nitrogens with zero attached hydrogens (tertiary/aromatic N) is 1. The number of rotatable bonds is 3.